The molecular formula is C11H11NO2S2. The average Bonchev–Trinajstić information content (AvgIpc) is 2.87. The van der Waals surface area contributed by atoms with Crippen LogP contribution >= 0.6 is 22.7 Å². The van der Waals surface area contributed by atoms with Gasteiger partial charge in [-0.3, -0.25) is 4.79 Å². The second-order valence-corrected chi connectivity index (χ2v) is 5.45. The number of aromatic nitrogens is 1. The van der Waals surface area contributed by atoms with E-state index in [2.05, 4.69) is 28.8 Å². The van der Waals surface area contributed by atoms with E-state index in [1.165, 1.54) is 12.0 Å². The first-order chi connectivity index (χ1) is 7.69. The Morgan fingerprint density at radius 1 is 1.50 bits per heavy atom. The number of esters is 1. The average molecular weight is 253 g/mol. The van der Waals surface area contributed by atoms with E-state index in [4.69, 9.17) is 0 Å². The van der Waals surface area contributed by atoms with Gasteiger partial charge in [0.25, 0.3) is 0 Å². The summed E-state index contributed by atoms with van der Waals surface area (Å²) >= 11 is 3.27. The number of thiophene rings is 1. The molecule has 2 rings (SSSR count). The van der Waals surface area contributed by atoms with Crippen molar-refractivity contribution in [1.29, 1.82) is 0 Å². The lowest BCUT2D eigenvalue weighted by molar-refractivity contribution is -0.139. The van der Waals surface area contributed by atoms with E-state index in [-0.39, 0.29) is 12.4 Å². The molecule has 0 bridgehead atoms. The molecule has 3 nitrogen and oxygen atoms in total. The van der Waals surface area contributed by atoms with Gasteiger partial charge in [-0.25, -0.2) is 4.98 Å². The Morgan fingerprint density at radius 3 is 2.94 bits per heavy atom. The van der Waals surface area contributed by atoms with Gasteiger partial charge in [-0.05, 0) is 19.1 Å². The molecule has 2 aromatic rings. The Balaban J connectivity index is 2.16. The molecule has 84 valence electrons. The monoisotopic (exact) mass is 253 g/mol. The van der Waals surface area contributed by atoms with Crippen LogP contribution in [0.25, 0.3) is 9.88 Å². The number of aryl methyl sites for hydroxylation is 1. The van der Waals surface area contributed by atoms with Crippen molar-refractivity contribution in [3.05, 3.63) is 28.1 Å². The lowest BCUT2D eigenvalue weighted by Gasteiger charge is -1.93. The zero-order valence-electron chi connectivity index (χ0n) is 9.02. The maximum absolute atomic E-state index is 11.1. The molecule has 2 aromatic heterocycles. The number of carbonyl (C=O) groups is 1. The molecule has 0 aliphatic carbocycles. The summed E-state index contributed by atoms with van der Waals surface area (Å²) in [6.45, 7) is 2.07. The van der Waals surface area contributed by atoms with Crippen LogP contribution in [0.4, 0.5) is 0 Å². The van der Waals surface area contributed by atoms with E-state index >= 15 is 0 Å². The SMILES string of the molecule is COC(=O)Cc1csc(-c2ccc(C)s2)n1. The quantitative estimate of drug-likeness (QED) is 0.790. The van der Waals surface area contributed by atoms with E-state index in [1.807, 2.05) is 5.38 Å². The first kappa shape index (κ1) is 11.3. The summed E-state index contributed by atoms with van der Waals surface area (Å²) in [5.41, 5.74) is 0.776. The summed E-state index contributed by atoms with van der Waals surface area (Å²) in [6.07, 6.45) is 0.247. The molecule has 5 heteroatoms. The van der Waals surface area contributed by atoms with Crippen LogP contribution in [0.5, 0.6) is 0 Å². The summed E-state index contributed by atoms with van der Waals surface area (Å²) in [6, 6.07) is 4.13. The highest BCUT2D eigenvalue weighted by molar-refractivity contribution is 7.21. The summed E-state index contributed by atoms with van der Waals surface area (Å²) in [4.78, 5) is 17.9. The number of hydrogen-bond donors (Lipinski definition) is 0. The van der Waals surface area contributed by atoms with Crippen LogP contribution in [-0.4, -0.2) is 18.1 Å². The lowest BCUT2D eigenvalue weighted by Crippen LogP contribution is -2.04. The molecule has 0 saturated carbocycles. The molecule has 0 aliphatic rings. The van der Waals surface area contributed by atoms with Gasteiger partial charge >= 0.3 is 5.97 Å². The summed E-state index contributed by atoms with van der Waals surface area (Å²) < 4.78 is 4.60. The van der Waals surface area contributed by atoms with Crippen molar-refractivity contribution in [3.8, 4) is 9.88 Å². The van der Waals surface area contributed by atoms with E-state index in [0.29, 0.717) is 0 Å². The molecule has 0 unspecified atom stereocenters. The van der Waals surface area contributed by atoms with Crippen LogP contribution in [0.15, 0.2) is 17.5 Å². The molecular weight excluding hydrogens is 242 g/mol. The van der Waals surface area contributed by atoms with Gasteiger partial charge in [0.2, 0.25) is 0 Å². The number of nitrogens with zero attached hydrogens (tertiary/aromatic N) is 1. The topological polar surface area (TPSA) is 39.2 Å². The Hall–Kier alpha value is -1.20. The predicted molar refractivity (Wildman–Crippen MR) is 65.9 cm³/mol. The first-order valence-electron chi connectivity index (χ1n) is 4.77. The number of carbonyl (C=O) groups excluding carboxylic acids is 1. The van der Waals surface area contributed by atoms with Crippen molar-refractivity contribution in [1.82, 2.24) is 4.98 Å². The number of rotatable bonds is 3. The summed E-state index contributed by atoms with van der Waals surface area (Å²) in [7, 11) is 1.39. The standard InChI is InChI=1S/C11H11NO2S2/c1-7-3-4-9(16-7)11-12-8(6-15-11)5-10(13)14-2/h3-4,6H,5H2,1-2H3. The third kappa shape index (κ3) is 2.48. The van der Waals surface area contributed by atoms with Gasteiger partial charge in [0.05, 0.1) is 24.1 Å². The third-order valence-electron chi connectivity index (χ3n) is 2.06. The van der Waals surface area contributed by atoms with Gasteiger partial charge < -0.3 is 4.74 Å². The Kier molecular flexibility index (Phi) is 3.36. The van der Waals surface area contributed by atoms with Gasteiger partial charge in [0.15, 0.2) is 0 Å². The van der Waals surface area contributed by atoms with Gasteiger partial charge in [-0.2, -0.15) is 0 Å². The highest BCUT2D eigenvalue weighted by atomic mass is 32.1. The largest absolute Gasteiger partial charge is 0.469 e. The Labute approximate surface area is 102 Å². The van der Waals surface area contributed by atoms with Crippen molar-refractivity contribution in [3.63, 3.8) is 0 Å². The van der Waals surface area contributed by atoms with Crippen molar-refractivity contribution in [2.75, 3.05) is 7.11 Å². The van der Waals surface area contributed by atoms with Gasteiger partial charge in [0, 0.05) is 10.3 Å². The molecule has 0 aliphatic heterocycles. The van der Waals surface area contributed by atoms with Crippen LogP contribution in [0.2, 0.25) is 0 Å². The predicted octanol–water partition coefficient (Wildman–Crippen LogP) is 2.90. The Morgan fingerprint density at radius 2 is 2.31 bits per heavy atom. The van der Waals surface area contributed by atoms with E-state index in [9.17, 15) is 4.79 Å². The maximum atomic E-state index is 11.1. The normalized spacial score (nSPS) is 10.4. The number of hydrogen-bond acceptors (Lipinski definition) is 5. The maximum Gasteiger partial charge on any atom is 0.311 e. The second kappa shape index (κ2) is 4.76. The van der Waals surface area contributed by atoms with Crippen molar-refractivity contribution < 1.29 is 9.53 Å². The smallest absolute Gasteiger partial charge is 0.311 e. The van der Waals surface area contributed by atoms with Crippen LogP contribution in [0, 0.1) is 6.92 Å². The van der Waals surface area contributed by atoms with Crippen LogP contribution in [-0.2, 0) is 16.0 Å². The van der Waals surface area contributed by atoms with E-state index in [1.54, 1.807) is 22.7 Å². The fourth-order valence-corrected chi connectivity index (χ4v) is 3.03. The molecule has 0 N–H and O–H groups in total. The molecule has 2 heterocycles. The molecule has 0 spiro atoms. The molecule has 0 saturated heterocycles. The molecule has 0 atom stereocenters. The fourth-order valence-electron chi connectivity index (χ4n) is 1.27. The molecule has 0 fully saturated rings. The number of ether oxygens (including phenoxy) is 1. The second-order valence-electron chi connectivity index (χ2n) is 3.31. The highest BCUT2D eigenvalue weighted by Gasteiger charge is 2.09. The molecule has 0 radical (unpaired) electrons. The minimum Gasteiger partial charge on any atom is -0.469 e. The lowest BCUT2D eigenvalue weighted by atomic mass is 10.3. The van der Waals surface area contributed by atoms with Crippen LogP contribution in [0.3, 0.4) is 0 Å². The van der Waals surface area contributed by atoms with Crippen LogP contribution in [0.1, 0.15) is 10.6 Å². The number of methoxy groups -OCH3 is 1. The molecule has 16 heavy (non-hydrogen) atoms. The first-order valence-corrected chi connectivity index (χ1v) is 6.46. The van der Waals surface area contributed by atoms with Gasteiger partial charge in [0.1, 0.15) is 5.01 Å². The zero-order chi connectivity index (χ0) is 11.5. The van der Waals surface area contributed by atoms with Crippen LogP contribution < -0.4 is 0 Å². The highest BCUT2D eigenvalue weighted by Crippen LogP contribution is 2.30. The zero-order valence-corrected chi connectivity index (χ0v) is 10.7. The fraction of sp³-hybridized carbons (Fsp3) is 0.273. The van der Waals surface area contributed by atoms with Crippen molar-refractivity contribution >= 4 is 28.6 Å². The number of thiazole rings is 1. The van der Waals surface area contributed by atoms with Crippen molar-refractivity contribution in [2.24, 2.45) is 0 Å². The summed E-state index contributed by atoms with van der Waals surface area (Å²) in [5, 5.41) is 2.87. The van der Waals surface area contributed by atoms with Gasteiger partial charge in [-0.15, -0.1) is 22.7 Å². The third-order valence-corrected chi connectivity index (χ3v) is 4.12. The minimum atomic E-state index is -0.251. The van der Waals surface area contributed by atoms with E-state index in [0.717, 1.165) is 15.6 Å². The van der Waals surface area contributed by atoms with E-state index < -0.39 is 0 Å². The summed E-state index contributed by atoms with van der Waals surface area (Å²) in [5.74, 6) is -0.251. The molecule has 0 aromatic carbocycles. The van der Waals surface area contributed by atoms with Crippen molar-refractivity contribution in [2.45, 2.75) is 13.3 Å². The van der Waals surface area contributed by atoms with Gasteiger partial charge in [-0.1, -0.05) is 0 Å². The Bertz CT molecular complexity index is 502. The minimum absolute atomic E-state index is 0.247. The molecule has 0 amide bonds.